The first kappa shape index (κ1) is 14.1. The Morgan fingerprint density at radius 2 is 2.20 bits per heavy atom. The van der Waals surface area contributed by atoms with Crippen LogP contribution in [0.5, 0.6) is 0 Å². The predicted molar refractivity (Wildman–Crippen MR) is 82.4 cm³/mol. The number of nitrogens with zero attached hydrogens (tertiary/aromatic N) is 2. The van der Waals surface area contributed by atoms with E-state index in [9.17, 15) is 0 Å². The highest BCUT2D eigenvalue weighted by Crippen LogP contribution is 2.48. The minimum Gasteiger partial charge on any atom is -0.331 e. The highest BCUT2D eigenvalue weighted by Gasteiger charge is 2.39. The SMILES string of the molecule is Cc1ncc(CNCC(C)C)n1CC1CC2CCC1C2. The minimum atomic E-state index is 0.707. The molecule has 2 saturated carbocycles. The molecule has 3 nitrogen and oxygen atoms in total. The number of aryl methyl sites for hydroxylation is 1. The Bertz CT molecular complexity index is 449. The molecule has 3 rings (SSSR count). The van der Waals surface area contributed by atoms with E-state index in [0.29, 0.717) is 5.92 Å². The molecule has 2 bridgehead atoms. The number of hydrogen-bond acceptors (Lipinski definition) is 2. The molecule has 112 valence electrons. The van der Waals surface area contributed by atoms with Gasteiger partial charge in [0.05, 0.1) is 5.69 Å². The molecule has 3 heteroatoms. The molecule has 20 heavy (non-hydrogen) atoms. The molecule has 3 atom stereocenters. The number of imidazole rings is 1. The van der Waals surface area contributed by atoms with Crippen molar-refractivity contribution in [2.24, 2.45) is 23.7 Å². The number of rotatable bonds is 6. The van der Waals surface area contributed by atoms with Crippen molar-refractivity contribution in [3.05, 3.63) is 17.7 Å². The molecule has 2 fully saturated rings. The second-order valence-corrected chi connectivity index (χ2v) is 7.37. The van der Waals surface area contributed by atoms with Crippen LogP contribution in [-0.4, -0.2) is 16.1 Å². The van der Waals surface area contributed by atoms with Crippen LogP contribution in [0.15, 0.2) is 6.20 Å². The molecule has 2 aliphatic carbocycles. The van der Waals surface area contributed by atoms with Crippen molar-refractivity contribution in [1.82, 2.24) is 14.9 Å². The van der Waals surface area contributed by atoms with E-state index in [4.69, 9.17) is 0 Å². The van der Waals surface area contributed by atoms with Crippen LogP contribution in [0.1, 0.15) is 51.0 Å². The number of hydrogen-bond donors (Lipinski definition) is 1. The summed E-state index contributed by atoms with van der Waals surface area (Å²) in [6.07, 6.45) is 7.99. The highest BCUT2D eigenvalue weighted by atomic mass is 15.1. The molecule has 0 radical (unpaired) electrons. The fourth-order valence-electron chi connectivity index (χ4n) is 4.23. The van der Waals surface area contributed by atoms with E-state index < -0.39 is 0 Å². The first-order valence-electron chi connectivity index (χ1n) is 8.35. The van der Waals surface area contributed by atoms with Crippen LogP contribution in [0.3, 0.4) is 0 Å². The molecular formula is C17H29N3. The van der Waals surface area contributed by atoms with Crippen LogP contribution in [0, 0.1) is 30.6 Å². The van der Waals surface area contributed by atoms with Crippen LogP contribution in [0.4, 0.5) is 0 Å². The Labute approximate surface area is 123 Å². The lowest BCUT2D eigenvalue weighted by atomic mass is 9.89. The molecule has 0 amide bonds. The maximum Gasteiger partial charge on any atom is 0.105 e. The highest BCUT2D eigenvalue weighted by molar-refractivity contribution is 5.05. The van der Waals surface area contributed by atoms with Crippen molar-refractivity contribution in [2.45, 2.75) is 59.5 Å². The zero-order chi connectivity index (χ0) is 14.1. The fraction of sp³-hybridized carbons (Fsp3) is 0.824. The number of fused-ring (bicyclic) bond motifs is 2. The van der Waals surface area contributed by atoms with Crippen LogP contribution >= 0.6 is 0 Å². The van der Waals surface area contributed by atoms with Gasteiger partial charge in [-0.15, -0.1) is 0 Å². The molecule has 1 aromatic rings. The molecule has 0 aromatic carbocycles. The van der Waals surface area contributed by atoms with Gasteiger partial charge in [0.1, 0.15) is 5.82 Å². The van der Waals surface area contributed by atoms with Crippen LogP contribution in [0.2, 0.25) is 0 Å². The van der Waals surface area contributed by atoms with Gasteiger partial charge in [-0.3, -0.25) is 0 Å². The summed E-state index contributed by atoms with van der Waals surface area (Å²) >= 11 is 0. The van der Waals surface area contributed by atoms with Gasteiger partial charge in [-0.1, -0.05) is 20.3 Å². The fourth-order valence-corrected chi connectivity index (χ4v) is 4.23. The van der Waals surface area contributed by atoms with E-state index >= 15 is 0 Å². The zero-order valence-electron chi connectivity index (χ0n) is 13.2. The molecule has 0 aliphatic heterocycles. The Balaban J connectivity index is 1.62. The second-order valence-electron chi connectivity index (χ2n) is 7.37. The molecule has 2 aliphatic rings. The van der Waals surface area contributed by atoms with E-state index in [1.807, 2.05) is 0 Å². The van der Waals surface area contributed by atoms with Crippen molar-refractivity contribution in [3.8, 4) is 0 Å². The van der Waals surface area contributed by atoms with Crippen molar-refractivity contribution in [2.75, 3.05) is 6.54 Å². The largest absolute Gasteiger partial charge is 0.331 e. The first-order valence-corrected chi connectivity index (χ1v) is 8.35. The monoisotopic (exact) mass is 275 g/mol. The third-order valence-corrected chi connectivity index (χ3v) is 5.30. The predicted octanol–water partition coefficient (Wildman–Crippen LogP) is 3.37. The Kier molecular flexibility index (Phi) is 4.16. The minimum absolute atomic E-state index is 0.707. The van der Waals surface area contributed by atoms with Crippen molar-refractivity contribution >= 4 is 0 Å². The van der Waals surface area contributed by atoms with Crippen molar-refractivity contribution in [1.29, 1.82) is 0 Å². The maximum atomic E-state index is 4.54. The summed E-state index contributed by atoms with van der Waals surface area (Å²) < 4.78 is 2.47. The van der Waals surface area contributed by atoms with Crippen molar-refractivity contribution < 1.29 is 0 Å². The standard InChI is InChI=1S/C17H29N3/c1-12(2)8-18-9-17-10-19-13(3)20(17)11-16-7-14-4-5-15(16)6-14/h10,12,14-16,18H,4-9,11H2,1-3H3. The third kappa shape index (κ3) is 2.93. The van der Waals surface area contributed by atoms with Gasteiger partial charge in [0, 0.05) is 19.3 Å². The first-order chi connectivity index (χ1) is 9.63. The summed E-state index contributed by atoms with van der Waals surface area (Å²) in [7, 11) is 0. The van der Waals surface area contributed by atoms with E-state index in [1.54, 1.807) is 0 Å². The summed E-state index contributed by atoms with van der Waals surface area (Å²) in [6.45, 7) is 9.90. The molecular weight excluding hydrogens is 246 g/mol. The second kappa shape index (κ2) is 5.88. The lowest BCUT2D eigenvalue weighted by molar-refractivity contribution is 0.290. The van der Waals surface area contributed by atoms with Gasteiger partial charge in [-0.2, -0.15) is 0 Å². The van der Waals surface area contributed by atoms with Gasteiger partial charge >= 0.3 is 0 Å². The Morgan fingerprint density at radius 1 is 1.35 bits per heavy atom. The molecule has 0 saturated heterocycles. The molecule has 1 heterocycles. The summed E-state index contributed by atoms with van der Waals surface area (Å²) in [4.78, 5) is 4.54. The smallest absolute Gasteiger partial charge is 0.105 e. The molecule has 3 unspecified atom stereocenters. The lowest BCUT2D eigenvalue weighted by Gasteiger charge is -2.24. The van der Waals surface area contributed by atoms with Gasteiger partial charge in [-0.05, 0) is 56.4 Å². The molecule has 0 spiro atoms. The Morgan fingerprint density at radius 3 is 2.85 bits per heavy atom. The van der Waals surface area contributed by atoms with E-state index in [0.717, 1.165) is 30.8 Å². The summed E-state index contributed by atoms with van der Waals surface area (Å²) in [6, 6.07) is 0. The van der Waals surface area contributed by atoms with E-state index in [-0.39, 0.29) is 0 Å². The van der Waals surface area contributed by atoms with Gasteiger partial charge in [0.2, 0.25) is 0 Å². The van der Waals surface area contributed by atoms with E-state index in [1.165, 1.54) is 43.7 Å². The van der Waals surface area contributed by atoms with Gasteiger partial charge in [-0.25, -0.2) is 4.98 Å². The Hall–Kier alpha value is -0.830. The van der Waals surface area contributed by atoms with Crippen LogP contribution in [0.25, 0.3) is 0 Å². The van der Waals surface area contributed by atoms with Gasteiger partial charge in [0.15, 0.2) is 0 Å². The summed E-state index contributed by atoms with van der Waals surface area (Å²) in [5.41, 5.74) is 1.37. The van der Waals surface area contributed by atoms with Crippen LogP contribution < -0.4 is 5.32 Å². The maximum absolute atomic E-state index is 4.54. The zero-order valence-corrected chi connectivity index (χ0v) is 13.2. The normalized spacial score (nSPS) is 28.7. The van der Waals surface area contributed by atoms with Crippen LogP contribution in [-0.2, 0) is 13.1 Å². The third-order valence-electron chi connectivity index (χ3n) is 5.30. The average molecular weight is 275 g/mol. The van der Waals surface area contributed by atoms with Gasteiger partial charge < -0.3 is 9.88 Å². The van der Waals surface area contributed by atoms with E-state index in [2.05, 4.69) is 41.8 Å². The average Bonchev–Trinajstić information content (AvgIpc) is 3.09. The molecule has 1 aromatic heterocycles. The quantitative estimate of drug-likeness (QED) is 0.862. The summed E-state index contributed by atoms with van der Waals surface area (Å²) in [5.74, 6) is 4.84. The number of nitrogens with one attached hydrogen (secondary N) is 1. The summed E-state index contributed by atoms with van der Waals surface area (Å²) in [5, 5.41) is 3.55. The van der Waals surface area contributed by atoms with Gasteiger partial charge in [0.25, 0.3) is 0 Å². The van der Waals surface area contributed by atoms with Crippen molar-refractivity contribution in [3.63, 3.8) is 0 Å². The lowest BCUT2D eigenvalue weighted by Crippen LogP contribution is -2.24. The topological polar surface area (TPSA) is 29.9 Å². The number of aromatic nitrogens is 2. The molecule has 1 N–H and O–H groups in total.